The van der Waals surface area contributed by atoms with Crippen LogP contribution >= 0.6 is 0 Å². The van der Waals surface area contributed by atoms with E-state index in [1.807, 2.05) is 56.3 Å². The van der Waals surface area contributed by atoms with Crippen LogP contribution in [0.4, 0.5) is 5.69 Å². The number of carbonyl (C=O) groups is 1. The molecule has 0 saturated heterocycles. The Morgan fingerprint density at radius 1 is 1.13 bits per heavy atom. The van der Waals surface area contributed by atoms with Crippen LogP contribution in [0.15, 0.2) is 70.1 Å². The molecule has 2 heterocycles. The summed E-state index contributed by atoms with van der Waals surface area (Å²) >= 11 is 0. The minimum atomic E-state index is -1.04. The van der Waals surface area contributed by atoms with Gasteiger partial charge in [-0.15, -0.1) is 0 Å². The number of fused-ring (bicyclic) bond motifs is 1. The van der Waals surface area contributed by atoms with Gasteiger partial charge in [-0.1, -0.05) is 36.4 Å². The zero-order valence-corrected chi connectivity index (χ0v) is 17.5. The highest BCUT2D eigenvalue weighted by Crippen LogP contribution is 2.32. The second-order valence-electron chi connectivity index (χ2n) is 7.57. The minimum Gasteiger partial charge on any atom is -0.478 e. The number of aryl methyl sites for hydroxylation is 1. The van der Waals surface area contributed by atoms with Crippen molar-refractivity contribution in [3.8, 4) is 11.3 Å². The Hall–Kier alpha value is -3.93. The molecule has 0 aliphatic heterocycles. The topological polar surface area (TPSA) is 92.4 Å². The Balaban J connectivity index is 1.89. The average molecular weight is 414 g/mol. The summed E-state index contributed by atoms with van der Waals surface area (Å²) in [6.45, 7) is 5.59. The van der Waals surface area contributed by atoms with Crippen LogP contribution in [0.25, 0.3) is 22.3 Å². The summed E-state index contributed by atoms with van der Waals surface area (Å²) in [5, 5.41) is 13.2. The molecule has 156 valence electrons. The number of pyridine rings is 1. The fourth-order valence-electron chi connectivity index (χ4n) is 3.76. The van der Waals surface area contributed by atoms with Gasteiger partial charge in [0.25, 0.3) is 0 Å². The molecule has 0 spiro atoms. The van der Waals surface area contributed by atoms with Gasteiger partial charge in [-0.05, 0) is 38.5 Å². The lowest BCUT2D eigenvalue weighted by Gasteiger charge is -2.19. The van der Waals surface area contributed by atoms with Gasteiger partial charge in [0.2, 0.25) is 0 Å². The number of anilines is 1. The Morgan fingerprint density at radius 2 is 1.87 bits per heavy atom. The lowest BCUT2D eigenvalue weighted by atomic mass is 9.98. The number of carboxylic acids is 1. The van der Waals surface area contributed by atoms with Crippen LogP contribution in [0.5, 0.6) is 0 Å². The van der Waals surface area contributed by atoms with E-state index in [2.05, 4.69) is 10.3 Å². The van der Waals surface area contributed by atoms with Gasteiger partial charge >= 0.3 is 5.97 Å². The molecule has 0 bridgehead atoms. The standard InChI is InChI=1S/C25H22N2O4/c1-14-11-19(16(3)27-21-13-26-10-9-18(21)25(29)30)24-20(12-14)22(28)15(2)23(31-24)17-7-5-4-6-8-17/h4-13,16,27H,1-3H3,(H,29,30). The quantitative estimate of drug-likeness (QED) is 0.458. The molecule has 0 saturated carbocycles. The summed E-state index contributed by atoms with van der Waals surface area (Å²) in [6, 6.07) is 14.4. The zero-order valence-electron chi connectivity index (χ0n) is 17.5. The number of benzene rings is 2. The number of aromatic nitrogens is 1. The Labute approximate surface area is 179 Å². The molecule has 1 unspecified atom stereocenters. The first-order valence-electron chi connectivity index (χ1n) is 9.94. The molecule has 31 heavy (non-hydrogen) atoms. The molecule has 0 aliphatic carbocycles. The summed E-state index contributed by atoms with van der Waals surface area (Å²) in [7, 11) is 0. The molecule has 6 heteroatoms. The number of nitrogens with zero attached hydrogens (tertiary/aromatic N) is 1. The number of nitrogens with one attached hydrogen (secondary N) is 1. The fraction of sp³-hybridized carbons (Fsp3) is 0.160. The monoisotopic (exact) mass is 414 g/mol. The predicted octanol–water partition coefficient (Wildman–Crippen LogP) is 5.34. The second kappa shape index (κ2) is 8.07. The molecule has 1 atom stereocenters. The first-order valence-corrected chi connectivity index (χ1v) is 9.94. The summed E-state index contributed by atoms with van der Waals surface area (Å²) in [4.78, 5) is 28.8. The van der Waals surface area contributed by atoms with E-state index in [0.29, 0.717) is 28.0 Å². The molecular weight excluding hydrogens is 392 g/mol. The van der Waals surface area contributed by atoms with Crippen molar-refractivity contribution in [3.05, 3.63) is 93.4 Å². The normalized spacial score (nSPS) is 12.0. The number of carboxylic acid groups (broad SMARTS) is 1. The van der Waals surface area contributed by atoms with Crippen molar-refractivity contribution in [2.24, 2.45) is 0 Å². The van der Waals surface area contributed by atoms with E-state index in [1.54, 1.807) is 6.92 Å². The predicted molar refractivity (Wildman–Crippen MR) is 121 cm³/mol. The maximum atomic E-state index is 13.2. The molecule has 4 rings (SSSR count). The third-order valence-electron chi connectivity index (χ3n) is 5.32. The maximum Gasteiger partial charge on any atom is 0.337 e. The molecular formula is C25H22N2O4. The van der Waals surface area contributed by atoms with Crippen LogP contribution in [0.3, 0.4) is 0 Å². The number of rotatable bonds is 5. The first kappa shape index (κ1) is 20.3. The van der Waals surface area contributed by atoms with Crippen molar-refractivity contribution in [2.75, 3.05) is 5.32 Å². The van der Waals surface area contributed by atoms with Crippen LogP contribution in [-0.2, 0) is 0 Å². The Morgan fingerprint density at radius 3 is 2.58 bits per heavy atom. The lowest BCUT2D eigenvalue weighted by molar-refractivity contribution is 0.0697. The molecule has 0 radical (unpaired) electrons. The third-order valence-corrected chi connectivity index (χ3v) is 5.32. The lowest BCUT2D eigenvalue weighted by Crippen LogP contribution is -2.14. The molecule has 0 amide bonds. The second-order valence-corrected chi connectivity index (χ2v) is 7.57. The van der Waals surface area contributed by atoms with E-state index < -0.39 is 5.97 Å². The fourth-order valence-corrected chi connectivity index (χ4v) is 3.76. The van der Waals surface area contributed by atoms with Gasteiger partial charge in [-0.25, -0.2) is 4.79 Å². The van der Waals surface area contributed by atoms with Gasteiger partial charge in [-0.3, -0.25) is 9.78 Å². The highest BCUT2D eigenvalue weighted by atomic mass is 16.4. The van der Waals surface area contributed by atoms with Crippen LogP contribution in [0.1, 0.15) is 40.0 Å². The molecule has 4 aromatic rings. The van der Waals surface area contributed by atoms with Crippen molar-refractivity contribution >= 4 is 22.6 Å². The van der Waals surface area contributed by atoms with Crippen molar-refractivity contribution in [3.63, 3.8) is 0 Å². The van der Waals surface area contributed by atoms with Gasteiger partial charge in [-0.2, -0.15) is 0 Å². The SMILES string of the molecule is Cc1cc(C(C)Nc2cnccc2C(=O)O)c2oc(-c3ccccc3)c(C)c(=O)c2c1. The van der Waals surface area contributed by atoms with Gasteiger partial charge in [0.1, 0.15) is 11.3 Å². The van der Waals surface area contributed by atoms with Crippen molar-refractivity contribution in [1.82, 2.24) is 4.98 Å². The smallest absolute Gasteiger partial charge is 0.337 e. The summed E-state index contributed by atoms with van der Waals surface area (Å²) < 4.78 is 6.31. The van der Waals surface area contributed by atoms with E-state index in [-0.39, 0.29) is 17.0 Å². The number of hydrogen-bond acceptors (Lipinski definition) is 5. The van der Waals surface area contributed by atoms with Crippen LogP contribution in [0.2, 0.25) is 0 Å². The van der Waals surface area contributed by atoms with Crippen LogP contribution in [0, 0.1) is 13.8 Å². The molecule has 2 aromatic carbocycles. The number of hydrogen-bond donors (Lipinski definition) is 2. The maximum absolute atomic E-state index is 13.2. The van der Waals surface area contributed by atoms with Crippen molar-refractivity contribution in [2.45, 2.75) is 26.8 Å². The van der Waals surface area contributed by atoms with E-state index in [0.717, 1.165) is 16.7 Å². The van der Waals surface area contributed by atoms with E-state index in [1.165, 1.54) is 18.5 Å². The molecule has 2 N–H and O–H groups in total. The Kier molecular flexibility index (Phi) is 5.29. The summed E-state index contributed by atoms with van der Waals surface area (Å²) in [6.07, 6.45) is 2.92. The first-order chi connectivity index (χ1) is 14.9. The summed E-state index contributed by atoms with van der Waals surface area (Å²) in [5.74, 6) is -0.511. The summed E-state index contributed by atoms with van der Waals surface area (Å²) in [5.41, 5.74) is 3.99. The molecule has 2 aromatic heterocycles. The van der Waals surface area contributed by atoms with Crippen molar-refractivity contribution < 1.29 is 14.3 Å². The van der Waals surface area contributed by atoms with E-state index in [9.17, 15) is 14.7 Å². The highest BCUT2D eigenvalue weighted by Gasteiger charge is 2.20. The van der Waals surface area contributed by atoms with Crippen LogP contribution in [-0.4, -0.2) is 16.1 Å². The van der Waals surface area contributed by atoms with Gasteiger partial charge < -0.3 is 14.8 Å². The zero-order chi connectivity index (χ0) is 22.1. The van der Waals surface area contributed by atoms with Gasteiger partial charge in [0.05, 0.1) is 28.9 Å². The van der Waals surface area contributed by atoms with Gasteiger partial charge in [0.15, 0.2) is 5.43 Å². The highest BCUT2D eigenvalue weighted by molar-refractivity contribution is 5.94. The minimum absolute atomic E-state index is 0.0788. The average Bonchev–Trinajstić information content (AvgIpc) is 2.77. The molecule has 0 fully saturated rings. The van der Waals surface area contributed by atoms with E-state index in [4.69, 9.17) is 4.42 Å². The van der Waals surface area contributed by atoms with Gasteiger partial charge in [0, 0.05) is 22.9 Å². The molecule has 6 nitrogen and oxygen atoms in total. The third kappa shape index (κ3) is 3.80. The Bertz CT molecular complexity index is 1340. The largest absolute Gasteiger partial charge is 0.478 e. The van der Waals surface area contributed by atoms with E-state index >= 15 is 0 Å². The number of aromatic carboxylic acids is 1. The molecule has 0 aliphatic rings. The van der Waals surface area contributed by atoms with Crippen LogP contribution < -0.4 is 10.7 Å². The van der Waals surface area contributed by atoms with Crippen molar-refractivity contribution in [1.29, 1.82) is 0 Å².